The number of nitrogens with two attached hydrogens (primary N) is 1. The maximum Gasteiger partial charge on any atom is 0.240 e. The SMILES string of the molecule is CC(NC(=O)C1(N)CC1)c1cc2c(cc1Br)OCCO2.Cl. The van der Waals surface area contributed by atoms with Gasteiger partial charge in [-0.15, -0.1) is 12.4 Å². The largest absolute Gasteiger partial charge is 0.486 e. The summed E-state index contributed by atoms with van der Waals surface area (Å²) in [6, 6.07) is 3.63. The molecule has 1 aliphatic carbocycles. The maximum atomic E-state index is 12.0. The minimum absolute atomic E-state index is 0. The van der Waals surface area contributed by atoms with E-state index >= 15 is 0 Å². The van der Waals surface area contributed by atoms with E-state index in [2.05, 4.69) is 21.2 Å². The molecule has 1 saturated carbocycles. The standard InChI is InChI=1S/C14H17BrN2O3.ClH/c1-8(17-13(18)14(16)2-3-14)9-6-11-12(7-10(9)15)20-5-4-19-11;/h6-8H,2-5,16H2,1H3,(H,17,18);1H. The van der Waals surface area contributed by atoms with E-state index in [-0.39, 0.29) is 24.4 Å². The molecule has 0 aromatic heterocycles. The van der Waals surface area contributed by atoms with E-state index in [9.17, 15) is 4.79 Å². The summed E-state index contributed by atoms with van der Waals surface area (Å²) in [6.45, 7) is 3.03. The zero-order valence-electron chi connectivity index (χ0n) is 11.6. The number of amides is 1. The lowest BCUT2D eigenvalue weighted by atomic mass is 10.1. The Morgan fingerprint density at radius 3 is 2.48 bits per heavy atom. The van der Waals surface area contributed by atoms with E-state index in [0.717, 1.165) is 28.6 Å². The summed E-state index contributed by atoms with van der Waals surface area (Å²) in [5.74, 6) is 1.35. The fraction of sp³-hybridized carbons (Fsp3) is 0.500. The molecule has 1 heterocycles. The molecule has 1 atom stereocenters. The van der Waals surface area contributed by atoms with Crippen molar-refractivity contribution >= 4 is 34.2 Å². The molecule has 5 nitrogen and oxygen atoms in total. The van der Waals surface area contributed by atoms with Crippen LogP contribution in [0.15, 0.2) is 16.6 Å². The summed E-state index contributed by atoms with van der Waals surface area (Å²) in [6.07, 6.45) is 1.52. The molecule has 21 heavy (non-hydrogen) atoms. The quantitative estimate of drug-likeness (QED) is 0.848. The molecular weight excluding hydrogens is 360 g/mol. The molecule has 3 N–H and O–H groups in total. The molecule has 7 heteroatoms. The van der Waals surface area contributed by atoms with Gasteiger partial charge >= 0.3 is 0 Å². The highest BCUT2D eigenvalue weighted by Crippen LogP contribution is 2.38. The molecule has 1 aromatic rings. The Morgan fingerprint density at radius 2 is 1.90 bits per heavy atom. The first-order valence-electron chi connectivity index (χ1n) is 6.68. The van der Waals surface area contributed by atoms with Crippen LogP contribution in [0.4, 0.5) is 0 Å². The second kappa shape index (κ2) is 6.02. The second-order valence-electron chi connectivity index (χ2n) is 5.37. The first kappa shape index (κ1) is 16.4. The van der Waals surface area contributed by atoms with Crippen LogP contribution in [-0.4, -0.2) is 24.7 Å². The Kier molecular flexibility index (Phi) is 4.70. The van der Waals surface area contributed by atoms with Gasteiger partial charge < -0.3 is 20.5 Å². The van der Waals surface area contributed by atoms with Gasteiger partial charge in [0.1, 0.15) is 13.2 Å². The van der Waals surface area contributed by atoms with Gasteiger partial charge in [-0.25, -0.2) is 0 Å². The molecule has 1 amide bonds. The summed E-state index contributed by atoms with van der Waals surface area (Å²) in [4.78, 5) is 12.0. The van der Waals surface area contributed by atoms with Gasteiger partial charge in [0.15, 0.2) is 11.5 Å². The van der Waals surface area contributed by atoms with Crippen molar-refractivity contribution in [3.8, 4) is 11.5 Å². The van der Waals surface area contributed by atoms with E-state index in [1.165, 1.54) is 0 Å². The van der Waals surface area contributed by atoms with Crippen molar-refractivity contribution in [3.05, 3.63) is 22.2 Å². The number of rotatable bonds is 3. The van der Waals surface area contributed by atoms with Crippen molar-refractivity contribution in [2.24, 2.45) is 5.73 Å². The van der Waals surface area contributed by atoms with Gasteiger partial charge in [-0.1, -0.05) is 15.9 Å². The summed E-state index contributed by atoms with van der Waals surface area (Å²) < 4.78 is 12.0. The van der Waals surface area contributed by atoms with Crippen LogP contribution >= 0.6 is 28.3 Å². The average molecular weight is 378 g/mol. The molecule has 116 valence electrons. The number of fused-ring (bicyclic) bond motifs is 1. The van der Waals surface area contributed by atoms with Crippen molar-refractivity contribution in [3.63, 3.8) is 0 Å². The zero-order chi connectivity index (χ0) is 14.3. The molecule has 0 saturated heterocycles. The highest BCUT2D eigenvalue weighted by molar-refractivity contribution is 9.10. The van der Waals surface area contributed by atoms with Gasteiger partial charge in [-0.3, -0.25) is 4.79 Å². The fourth-order valence-corrected chi connectivity index (χ4v) is 2.86. The van der Waals surface area contributed by atoms with Crippen molar-refractivity contribution < 1.29 is 14.3 Å². The first-order chi connectivity index (χ1) is 9.49. The van der Waals surface area contributed by atoms with Gasteiger partial charge in [0, 0.05) is 4.47 Å². The van der Waals surface area contributed by atoms with Crippen molar-refractivity contribution in [2.45, 2.75) is 31.3 Å². The Labute approximate surface area is 138 Å². The summed E-state index contributed by atoms with van der Waals surface area (Å²) in [5, 5.41) is 2.96. The van der Waals surface area contributed by atoms with E-state index in [4.69, 9.17) is 15.2 Å². The van der Waals surface area contributed by atoms with E-state index in [0.29, 0.717) is 19.0 Å². The van der Waals surface area contributed by atoms with Crippen LogP contribution in [0.25, 0.3) is 0 Å². The smallest absolute Gasteiger partial charge is 0.240 e. The Bertz CT molecular complexity index is 563. The Hall–Kier alpha value is -0.980. The predicted molar refractivity (Wildman–Crippen MR) is 85.1 cm³/mol. The van der Waals surface area contributed by atoms with Crippen LogP contribution in [0.2, 0.25) is 0 Å². The average Bonchev–Trinajstić information content (AvgIpc) is 3.17. The number of hydrogen-bond acceptors (Lipinski definition) is 4. The van der Waals surface area contributed by atoms with Crippen molar-refractivity contribution in [1.82, 2.24) is 5.32 Å². The molecule has 1 aliphatic heterocycles. The number of ether oxygens (including phenoxy) is 2. The molecule has 2 aliphatic rings. The molecule has 0 radical (unpaired) electrons. The van der Waals surface area contributed by atoms with Crippen molar-refractivity contribution in [2.75, 3.05) is 13.2 Å². The van der Waals surface area contributed by atoms with Gasteiger partial charge in [-0.05, 0) is 37.5 Å². The molecule has 1 fully saturated rings. The maximum absolute atomic E-state index is 12.0. The van der Waals surface area contributed by atoms with Crippen LogP contribution in [-0.2, 0) is 4.79 Å². The first-order valence-corrected chi connectivity index (χ1v) is 7.48. The zero-order valence-corrected chi connectivity index (χ0v) is 14.1. The molecular formula is C14H18BrClN2O3. The van der Waals surface area contributed by atoms with Crippen LogP contribution < -0.4 is 20.5 Å². The van der Waals surface area contributed by atoms with Crippen LogP contribution in [0, 0.1) is 0 Å². The normalized spacial score (nSPS) is 19.2. The van der Waals surface area contributed by atoms with Gasteiger partial charge in [0.2, 0.25) is 5.91 Å². The number of halogens is 2. The topological polar surface area (TPSA) is 73.6 Å². The number of carbonyl (C=O) groups excluding carboxylic acids is 1. The predicted octanol–water partition coefficient (Wildman–Crippen LogP) is 2.31. The Morgan fingerprint density at radius 1 is 1.33 bits per heavy atom. The third kappa shape index (κ3) is 3.27. The Balaban J connectivity index is 0.00000161. The summed E-state index contributed by atoms with van der Waals surface area (Å²) in [5.41, 5.74) is 6.19. The molecule has 0 bridgehead atoms. The summed E-state index contributed by atoms with van der Waals surface area (Å²) >= 11 is 3.51. The lowest BCUT2D eigenvalue weighted by molar-refractivity contribution is -0.123. The third-order valence-corrected chi connectivity index (χ3v) is 4.40. The van der Waals surface area contributed by atoms with Gasteiger partial charge in [0.25, 0.3) is 0 Å². The minimum Gasteiger partial charge on any atom is -0.486 e. The summed E-state index contributed by atoms with van der Waals surface area (Å²) in [7, 11) is 0. The van der Waals surface area contributed by atoms with Gasteiger partial charge in [0.05, 0.1) is 11.6 Å². The van der Waals surface area contributed by atoms with Crippen LogP contribution in [0.5, 0.6) is 11.5 Å². The molecule has 1 aromatic carbocycles. The van der Waals surface area contributed by atoms with E-state index < -0.39 is 5.54 Å². The monoisotopic (exact) mass is 376 g/mol. The van der Waals surface area contributed by atoms with Crippen LogP contribution in [0.3, 0.4) is 0 Å². The third-order valence-electron chi connectivity index (χ3n) is 3.72. The fourth-order valence-electron chi connectivity index (χ4n) is 2.19. The molecule has 3 rings (SSSR count). The van der Waals surface area contributed by atoms with E-state index in [1.807, 2.05) is 19.1 Å². The molecule has 0 spiro atoms. The highest BCUT2D eigenvalue weighted by atomic mass is 79.9. The second-order valence-corrected chi connectivity index (χ2v) is 6.22. The lowest BCUT2D eigenvalue weighted by Gasteiger charge is -2.23. The number of hydrogen-bond donors (Lipinski definition) is 2. The highest BCUT2D eigenvalue weighted by Gasteiger charge is 2.46. The number of carbonyl (C=O) groups is 1. The van der Waals surface area contributed by atoms with Crippen molar-refractivity contribution in [1.29, 1.82) is 0 Å². The molecule has 1 unspecified atom stereocenters. The van der Waals surface area contributed by atoms with E-state index in [1.54, 1.807) is 0 Å². The minimum atomic E-state index is -0.658. The van der Waals surface area contributed by atoms with Gasteiger partial charge in [-0.2, -0.15) is 0 Å². The lowest BCUT2D eigenvalue weighted by Crippen LogP contribution is -2.43. The van der Waals surface area contributed by atoms with Crippen LogP contribution in [0.1, 0.15) is 31.4 Å². The number of nitrogens with one attached hydrogen (secondary N) is 1. The number of benzene rings is 1.